The van der Waals surface area contributed by atoms with Crippen molar-refractivity contribution in [3.05, 3.63) is 53.7 Å². The van der Waals surface area contributed by atoms with Gasteiger partial charge in [0.25, 0.3) is 5.91 Å². The van der Waals surface area contributed by atoms with Gasteiger partial charge in [-0.2, -0.15) is 0 Å². The molecule has 0 aliphatic carbocycles. The van der Waals surface area contributed by atoms with Crippen molar-refractivity contribution in [3.8, 4) is 0 Å². The van der Waals surface area contributed by atoms with E-state index in [2.05, 4.69) is 20.9 Å². The second-order valence-corrected chi connectivity index (χ2v) is 8.90. The Balaban J connectivity index is 1.86. The minimum absolute atomic E-state index is 0.102. The third-order valence-electron chi connectivity index (χ3n) is 5.95. The molecule has 2 aromatic rings. The Bertz CT molecular complexity index is 1090. The van der Waals surface area contributed by atoms with Gasteiger partial charge < -0.3 is 20.7 Å². The minimum Gasteiger partial charge on any atom is -0.383 e. The number of carbonyl (C=O) groups excluding carboxylic acids is 3. The number of para-hydroxylation sites is 1. The minimum atomic E-state index is -1.11. The van der Waals surface area contributed by atoms with Gasteiger partial charge in [0.05, 0.1) is 12.6 Å². The maximum atomic E-state index is 14.2. The second kappa shape index (κ2) is 12.0. The molecule has 3 rings (SSSR count). The number of ether oxygens (including phenoxy) is 1. The van der Waals surface area contributed by atoms with E-state index in [9.17, 15) is 23.2 Å². The van der Waals surface area contributed by atoms with Gasteiger partial charge in [-0.15, -0.1) is 0 Å². The lowest BCUT2D eigenvalue weighted by Crippen LogP contribution is -2.58. The molecule has 1 aliphatic rings. The van der Waals surface area contributed by atoms with Crippen LogP contribution in [0.1, 0.15) is 26.3 Å². The fraction of sp³-hybridized carbons (Fsp3) is 0.440. The summed E-state index contributed by atoms with van der Waals surface area (Å²) in [5.41, 5.74) is 0.0342. The van der Waals surface area contributed by atoms with E-state index in [-0.39, 0.29) is 18.2 Å². The van der Waals surface area contributed by atoms with Gasteiger partial charge in [-0.25, -0.2) is 13.8 Å². The van der Waals surface area contributed by atoms with Crippen LogP contribution in [0.25, 0.3) is 0 Å². The van der Waals surface area contributed by atoms with E-state index in [0.29, 0.717) is 18.7 Å². The number of rotatable bonds is 10. The van der Waals surface area contributed by atoms with Crippen molar-refractivity contribution in [2.75, 3.05) is 30.5 Å². The van der Waals surface area contributed by atoms with E-state index in [1.54, 1.807) is 40.0 Å². The smallest absolute Gasteiger partial charge is 0.251 e. The first-order valence-corrected chi connectivity index (χ1v) is 11.7. The van der Waals surface area contributed by atoms with Crippen molar-refractivity contribution >= 4 is 29.2 Å². The molecule has 1 aromatic carbocycles. The van der Waals surface area contributed by atoms with E-state index in [0.717, 1.165) is 12.1 Å². The third-order valence-corrected chi connectivity index (χ3v) is 5.95. The van der Waals surface area contributed by atoms with Gasteiger partial charge >= 0.3 is 0 Å². The van der Waals surface area contributed by atoms with Crippen LogP contribution in [0.15, 0.2) is 36.5 Å². The number of nitrogens with one attached hydrogen (secondary N) is 3. The van der Waals surface area contributed by atoms with Crippen LogP contribution in [0.3, 0.4) is 0 Å². The summed E-state index contributed by atoms with van der Waals surface area (Å²) in [5, 5.41) is 8.05. The van der Waals surface area contributed by atoms with Crippen molar-refractivity contribution in [2.45, 2.75) is 45.3 Å². The Morgan fingerprint density at radius 3 is 2.47 bits per heavy atom. The van der Waals surface area contributed by atoms with Crippen molar-refractivity contribution < 1.29 is 27.9 Å². The normalized spacial score (nSPS) is 16.4. The van der Waals surface area contributed by atoms with Gasteiger partial charge in [-0.05, 0) is 36.6 Å². The largest absolute Gasteiger partial charge is 0.383 e. The Kier molecular flexibility index (Phi) is 9.05. The first kappa shape index (κ1) is 27.2. The maximum absolute atomic E-state index is 14.2. The lowest BCUT2D eigenvalue weighted by atomic mass is 10.0. The van der Waals surface area contributed by atoms with Crippen LogP contribution in [0.2, 0.25) is 0 Å². The van der Waals surface area contributed by atoms with Crippen molar-refractivity contribution in [2.24, 2.45) is 5.92 Å². The summed E-state index contributed by atoms with van der Waals surface area (Å²) < 4.78 is 33.3. The fourth-order valence-corrected chi connectivity index (χ4v) is 3.96. The SMILES string of the molecule is COCCN[C@@H](C)C(=O)N[C@H](C(=O)N1c2ncccc2C[C@H]1C(=O)Nc1c(F)cccc1F)C(C)C. The summed E-state index contributed by atoms with van der Waals surface area (Å²) in [7, 11) is 1.55. The molecule has 36 heavy (non-hydrogen) atoms. The summed E-state index contributed by atoms with van der Waals surface area (Å²) in [4.78, 5) is 45.2. The van der Waals surface area contributed by atoms with Crippen LogP contribution in [0, 0.1) is 17.6 Å². The highest BCUT2D eigenvalue weighted by atomic mass is 19.1. The molecule has 0 spiro atoms. The van der Waals surface area contributed by atoms with E-state index >= 15 is 0 Å². The number of aromatic nitrogens is 1. The predicted octanol–water partition coefficient (Wildman–Crippen LogP) is 2.02. The number of benzene rings is 1. The van der Waals surface area contributed by atoms with E-state index in [1.165, 1.54) is 17.2 Å². The molecule has 1 aromatic heterocycles. The first-order valence-electron chi connectivity index (χ1n) is 11.7. The van der Waals surface area contributed by atoms with Crippen LogP contribution >= 0.6 is 0 Å². The van der Waals surface area contributed by atoms with Gasteiger partial charge in [-0.3, -0.25) is 19.3 Å². The Labute approximate surface area is 208 Å². The molecule has 194 valence electrons. The molecule has 3 amide bonds. The van der Waals surface area contributed by atoms with Crippen molar-refractivity contribution in [1.82, 2.24) is 15.6 Å². The zero-order valence-electron chi connectivity index (χ0n) is 20.7. The molecule has 0 radical (unpaired) electrons. The molecule has 0 saturated carbocycles. The predicted molar refractivity (Wildman–Crippen MR) is 130 cm³/mol. The quantitative estimate of drug-likeness (QED) is 0.428. The summed E-state index contributed by atoms with van der Waals surface area (Å²) in [6.07, 6.45) is 1.59. The molecule has 11 heteroatoms. The molecule has 9 nitrogen and oxygen atoms in total. The molecule has 2 heterocycles. The highest BCUT2D eigenvalue weighted by Crippen LogP contribution is 2.32. The number of carbonyl (C=O) groups is 3. The first-order chi connectivity index (χ1) is 17.1. The standard InChI is InChI=1S/C25H31F2N5O4/c1-14(2)20(30-23(33)15(3)28-11-12-36-4)25(35)32-19(13-16-7-6-10-29-22(16)32)24(34)31-21-17(26)8-5-9-18(21)27/h5-10,14-15,19-20,28H,11-13H2,1-4H3,(H,30,33)(H,31,34)/t15-,19-,20-/m0/s1. The van der Waals surface area contributed by atoms with Gasteiger partial charge in [-0.1, -0.05) is 26.0 Å². The van der Waals surface area contributed by atoms with E-state index < -0.39 is 53.2 Å². The fourth-order valence-electron chi connectivity index (χ4n) is 3.96. The van der Waals surface area contributed by atoms with Crippen LogP contribution in [0.5, 0.6) is 0 Å². The molecule has 0 unspecified atom stereocenters. The second-order valence-electron chi connectivity index (χ2n) is 8.90. The number of pyridine rings is 1. The molecule has 3 N–H and O–H groups in total. The number of methoxy groups -OCH3 is 1. The summed E-state index contributed by atoms with van der Waals surface area (Å²) in [6, 6.07) is 3.96. The van der Waals surface area contributed by atoms with Crippen LogP contribution in [-0.4, -0.2) is 61.1 Å². The van der Waals surface area contributed by atoms with Crippen LogP contribution in [0.4, 0.5) is 20.3 Å². The van der Waals surface area contributed by atoms with Crippen molar-refractivity contribution in [1.29, 1.82) is 0 Å². The number of amides is 3. The highest BCUT2D eigenvalue weighted by molar-refractivity contribution is 6.09. The molecule has 1 aliphatic heterocycles. The number of fused-ring (bicyclic) bond motifs is 1. The van der Waals surface area contributed by atoms with Gasteiger partial charge in [0.15, 0.2) is 0 Å². The number of hydrogen-bond acceptors (Lipinski definition) is 6. The summed E-state index contributed by atoms with van der Waals surface area (Å²) >= 11 is 0. The topological polar surface area (TPSA) is 113 Å². The molecule has 0 fully saturated rings. The number of anilines is 2. The Hall–Kier alpha value is -3.44. The summed E-state index contributed by atoms with van der Waals surface area (Å²) in [6.45, 7) is 6.07. The lowest BCUT2D eigenvalue weighted by molar-refractivity contribution is -0.130. The maximum Gasteiger partial charge on any atom is 0.251 e. The number of halogens is 2. The Morgan fingerprint density at radius 1 is 1.14 bits per heavy atom. The number of nitrogens with zero attached hydrogens (tertiary/aromatic N) is 2. The molecular formula is C25H31F2N5O4. The number of hydrogen-bond donors (Lipinski definition) is 3. The molecule has 3 atom stereocenters. The van der Waals surface area contributed by atoms with Gasteiger partial charge in [0.1, 0.15) is 35.2 Å². The van der Waals surface area contributed by atoms with Gasteiger partial charge in [0, 0.05) is 26.3 Å². The zero-order chi connectivity index (χ0) is 26.4. The van der Waals surface area contributed by atoms with Crippen molar-refractivity contribution in [3.63, 3.8) is 0 Å². The highest BCUT2D eigenvalue weighted by Gasteiger charge is 2.43. The zero-order valence-corrected chi connectivity index (χ0v) is 20.7. The monoisotopic (exact) mass is 503 g/mol. The average Bonchev–Trinajstić information content (AvgIpc) is 3.24. The van der Waals surface area contributed by atoms with Gasteiger partial charge in [0.2, 0.25) is 11.8 Å². The summed E-state index contributed by atoms with van der Waals surface area (Å²) in [5.74, 6) is -3.64. The molecule has 0 saturated heterocycles. The average molecular weight is 504 g/mol. The van der Waals surface area contributed by atoms with E-state index in [1.807, 2.05) is 0 Å². The third kappa shape index (κ3) is 6.03. The van der Waals surface area contributed by atoms with E-state index in [4.69, 9.17) is 4.74 Å². The lowest BCUT2D eigenvalue weighted by Gasteiger charge is -2.31. The molecular weight excluding hydrogens is 472 g/mol. The van der Waals surface area contributed by atoms with Crippen LogP contribution in [-0.2, 0) is 25.5 Å². The molecule has 0 bridgehead atoms. The van der Waals surface area contributed by atoms with Crippen LogP contribution < -0.4 is 20.9 Å². The Morgan fingerprint density at radius 2 is 1.83 bits per heavy atom.